The molecule has 0 aliphatic heterocycles. The summed E-state index contributed by atoms with van der Waals surface area (Å²) in [6.07, 6.45) is 1.48. The molecule has 1 heterocycles. The van der Waals surface area contributed by atoms with Gasteiger partial charge in [-0.1, -0.05) is 30.3 Å². The van der Waals surface area contributed by atoms with Crippen molar-refractivity contribution < 1.29 is 17.9 Å². The second kappa shape index (κ2) is 8.45. The number of pyridine rings is 1. The fourth-order valence-electron chi connectivity index (χ4n) is 3.00. The highest BCUT2D eigenvalue weighted by atomic mass is 32.2. The van der Waals surface area contributed by atoms with Gasteiger partial charge in [0.15, 0.2) is 0 Å². The van der Waals surface area contributed by atoms with E-state index in [9.17, 15) is 13.2 Å². The Hall–Kier alpha value is -3.91. The third kappa shape index (κ3) is 4.65. The fourth-order valence-corrected chi connectivity index (χ4v) is 4.10. The first kappa shape index (κ1) is 20.4. The van der Waals surface area contributed by atoms with Gasteiger partial charge in [-0.15, -0.1) is 0 Å². The van der Waals surface area contributed by atoms with Crippen LogP contribution in [0.5, 0.6) is 11.5 Å². The van der Waals surface area contributed by atoms with E-state index in [0.29, 0.717) is 17.2 Å². The molecule has 1 aromatic heterocycles. The topological polar surface area (TPSA) is 97.4 Å². The van der Waals surface area contributed by atoms with Gasteiger partial charge in [0.25, 0.3) is 15.9 Å². The number of anilines is 1. The van der Waals surface area contributed by atoms with Crippen LogP contribution in [-0.4, -0.2) is 26.4 Å². The van der Waals surface area contributed by atoms with Gasteiger partial charge >= 0.3 is 0 Å². The molecule has 0 fully saturated rings. The maximum Gasteiger partial charge on any atom is 0.269 e. The SMILES string of the molecule is CNC(=O)c1cc(Oc2ccc(NS(=O)(=O)c3ccc4ccccc4c3)cc2)ccn1. The van der Waals surface area contributed by atoms with Crippen molar-refractivity contribution in [2.45, 2.75) is 4.90 Å². The predicted octanol–water partition coefficient (Wildman–Crippen LogP) is 4.19. The van der Waals surface area contributed by atoms with Crippen LogP contribution in [0, 0.1) is 0 Å². The average Bonchev–Trinajstić information content (AvgIpc) is 2.79. The number of carbonyl (C=O) groups excluding carboxylic acids is 1. The molecule has 4 rings (SSSR count). The minimum absolute atomic E-state index is 0.185. The molecule has 4 aromatic rings. The number of ether oxygens (including phenoxy) is 1. The van der Waals surface area contributed by atoms with Crippen LogP contribution in [0.3, 0.4) is 0 Å². The third-order valence-corrected chi connectivity index (χ3v) is 5.94. The van der Waals surface area contributed by atoms with Gasteiger partial charge in [0.05, 0.1) is 4.90 Å². The maximum absolute atomic E-state index is 12.8. The van der Waals surface area contributed by atoms with Gasteiger partial charge in [-0.3, -0.25) is 14.5 Å². The molecule has 7 nitrogen and oxygen atoms in total. The first-order chi connectivity index (χ1) is 14.9. The van der Waals surface area contributed by atoms with Crippen LogP contribution in [0.2, 0.25) is 0 Å². The summed E-state index contributed by atoms with van der Waals surface area (Å²) >= 11 is 0. The summed E-state index contributed by atoms with van der Waals surface area (Å²) in [7, 11) is -2.22. The highest BCUT2D eigenvalue weighted by Crippen LogP contribution is 2.25. The lowest BCUT2D eigenvalue weighted by Crippen LogP contribution is -2.18. The molecule has 0 saturated heterocycles. The number of hydrogen-bond acceptors (Lipinski definition) is 5. The van der Waals surface area contributed by atoms with Gasteiger partial charge in [0.2, 0.25) is 0 Å². The van der Waals surface area contributed by atoms with Gasteiger partial charge in [0, 0.05) is 25.0 Å². The van der Waals surface area contributed by atoms with Crippen molar-refractivity contribution >= 4 is 32.4 Å². The van der Waals surface area contributed by atoms with Crippen LogP contribution in [0.1, 0.15) is 10.5 Å². The van der Waals surface area contributed by atoms with E-state index in [-0.39, 0.29) is 16.5 Å². The average molecular weight is 433 g/mol. The van der Waals surface area contributed by atoms with E-state index in [1.54, 1.807) is 48.5 Å². The highest BCUT2D eigenvalue weighted by Gasteiger charge is 2.15. The maximum atomic E-state index is 12.8. The molecule has 0 unspecified atom stereocenters. The number of nitrogens with zero attached hydrogens (tertiary/aromatic N) is 1. The van der Waals surface area contributed by atoms with Crippen LogP contribution < -0.4 is 14.8 Å². The van der Waals surface area contributed by atoms with Crippen LogP contribution in [-0.2, 0) is 10.0 Å². The molecule has 0 saturated carbocycles. The molecule has 0 radical (unpaired) electrons. The van der Waals surface area contributed by atoms with Crippen LogP contribution >= 0.6 is 0 Å². The summed E-state index contributed by atoms with van der Waals surface area (Å²) in [4.78, 5) is 15.9. The first-order valence-corrected chi connectivity index (χ1v) is 10.9. The van der Waals surface area contributed by atoms with Crippen molar-refractivity contribution in [2.24, 2.45) is 0 Å². The van der Waals surface area contributed by atoms with Crippen molar-refractivity contribution in [3.05, 3.63) is 90.8 Å². The summed E-state index contributed by atoms with van der Waals surface area (Å²) < 4.78 is 33.8. The largest absolute Gasteiger partial charge is 0.457 e. The number of benzene rings is 3. The molecular weight excluding hydrogens is 414 g/mol. The van der Waals surface area contributed by atoms with Crippen molar-refractivity contribution in [2.75, 3.05) is 11.8 Å². The van der Waals surface area contributed by atoms with Crippen molar-refractivity contribution in [3.8, 4) is 11.5 Å². The second-order valence-corrected chi connectivity index (χ2v) is 8.38. The zero-order valence-electron chi connectivity index (χ0n) is 16.6. The Morgan fingerprint density at radius 3 is 2.35 bits per heavy atom. The van der Waals surface area contributed by atoms with E-state index in [0.717, 1.165) is 10.8 Å². The zero-order valence-corrected chi connectivity index (χ0v) is 17.4. The molecule has 31 heavy (non-hydrogen) atoms. The normalized spacial score (nSPS) is 11.1. The van der Waals surface area contributed by atoms with Gasteiger partial charge in [-0.05, 0) is 53.2 Å². The van der Waals surface area contributed by atoms with Crippen LogP contribution in [0.25, 0.3) is 10.8 Å². The van der Waals surface area contributed by atoms with Crippen molar-refractivity contribution in [1.29, 1.82) is 0 Å². The molecule has 1 amide bonds. The fraction of sp³-hybridized carbons (Fsp3) is 0.0435. The molecule has 8 heteroatoms. The predicted molar refractivity (Wildman–Crippen MR) is 119 cm³/mol. The summed E-state index contributed by atoms with van der Waals surface area (Å²) in [6, 6.07) is 22.2. The number of nitrogens with one attached hydrogen (secondary N) is 2. The molecule has 156 valence electrons. The lowest BCUT2D eigenvalue weighted by Gasteiger charge is -2.11. The Balaban J connectivity index is 1.49. The Kier molecular flexibility index (Phi) is 5.55. The summed E-state index contributed by atoms with van der Waals surface area (Å²) in [5.74, 6) is 0.615. The van der Waals surface area contributed by atoms with Crippen molar-refractivity contribution in [3.63, 3.8) is 0 Å². The molecule has 0 aliphatic rings. The standard InChI is InChI=1S/C23H19N3O4S/c1-24-23(27)22-15-20(12-13-25-22)30-19-9-7-18(8-10-19)26-31(28,29)21-11-6-16-4-2-3-5-17(16)14-21/h2-15,26H,1H3,(H,24,27). The van der Waals surface area contributed by atoms with Crippen molar-refractivity contribution in [1.82, 2.24) is 10.3 Å². The number of carbonyl (C=O) groups is 1. The number of rotatable bonds is 6. The number of aromatic nitrogens is 1. The quantitative estimate of drug-likeness (QED) is 0.475. The van der Waals surface area contributed by atoms with E-state index >= 15 is 0 Å². The van der Waals surface area contributed by atoms with Gasteiger partial charge in [-0.25, -0.2) is 8.42 Å². The number of amides is 1. The number of hydrogen-bond donors (Lipinski definition) is 2. The molecule has 3 aromatic carbocycles. The van der Waals surface area contributed by atoms with E-state index < -0.39 is 10.0 Å². The molecule has 0 spiro atoms. The Morgan fingerprint density at radius 1 is 0.871 bits per heavy atom. The van der Waals surface area contributed by atoms with E-state index in [4.69, 9.17) is 4.74 Å². The third-order valence-electron chi connectivity index (χ3n) is 4.56. The molecule has 0 atom stereocenters. The lowest BCUT2D eigenvalue weighted by atomic mass is 10.1. The smallest absolute Gasteiger partial charge is 0.269 e. The minimum atomic E-state index is -3.74. The second-order valence-electron chi connectivity index (χ2n) is 6.70. The van der Waals surface area contributed by atoms with Crippen LogP contribution in [0.15, 0.2) is 90.0 Å². The molecule has 0 aliphatic carbocycles. The molecule has 0 bridgehead atoms. The monoisotopic (exact) mass is 433 g/mol. The number of sulfonamides is 1. The Bertz CT molecular complexity index is 1350. The lowest BCUT2D eigenvalue weighted by molar-refractivity contribution is 0.0958. The minimum Gasteiger partial charge on any atom is -0.457 e. The Labute approximate surface area is 179 Å². The first-order valence-electron chi connectivity index (χ1n) is 9.42. The molecule has 2 N–H and O–H groups in total. The number of fused-ring (bicyclic) bond motifs is 1. The van der Waals surface area contributed by atoms with Gasteiger partial charge < -0.3 is 10.1 Å². The zero-order chi connectivity index (χ0) is 21.8. The van der Waals surface area contributed by atoms with E-state index in [2.05, 4.69) is 15.0 Å². The highest BCUT2D eigenvalue weighted by molar-refractivity contribution is 7.92. The van der Waals surface area contributed by atoms with Gasteiger partial charge in [0.1, 0.15) is 17.2 Å². The molecular formula is C23H19N3O4S. The van der Waals surface area contributed by atoms with E-state index in [1.165, 1.54) is 19.3 Å². The summed E-state index contributed by atoms with van der Waals surface area (Å²) in [5.41, 5.74) is 0.640. The Morgan fingerprint density at radius 2 is 1.61 bits per heavy atom. The van der Waals surface area contributed by atoms with Crippen LogP contribution in [0.4, 0.5) is 5.69 Å². The summed E-state index contributed by atoms with van der Waals surface area (Å²) in [5, 5.41) is 4.32. The van der Waals surface area contributed by atoms with Gasteiger partial charge in [-0.2, -0.15) is 0 Å². The van der Waals surface area contributed by atoms with E-state index in [1.807, 2.05) is 24.3 Å². The summed E-state index contributed by atoms with van der Waals surface area (Å²) in [6.45, 7) is 0.